The van der Waals surface area contributed by atoms with Crippen LogP contribution in [0.3, 0.4) is 0 Å². The molecule has 1 N–H and O–H groups in total. The highest BCUT2D eigenvalue weighted by Gasteiger charge is 2.08. The van der Waals surface area contributed by atoms with Crippen molar-refractivity contribution >= 4 is 16.7 Å². The van der Waals surface area contributed by atoms with Crippen LogP contribution in [0.1, 0.15) is 15.9 Å². The van der Waals surface area contributed by atoms with E-state index in [2.05, 4.69) is 5.32 Å². The third-order valence-electron chi connectivity index (χ3n) is 2.11. The molecule has 0 aromatic heterocycles. The number of hydrogen-bond acceptors (Lipinski definition) is 2. The summed E-state index contributed by atoms with van der Waals surface area (Å²) in [6.07, 6.45) is 1.58. The summed E-state index contributed by atoms with van der Waals surface area (Å²) in [5, 5.41) is 2.64. The Morgan fingerprint density at radius 3 is 2.75 bits per heavy atom. The van der Waals surface area contributed by atoms with E-state index in [9.17, 15) is 13.4 Å². The molecule has 1 unspecified atom stereocenters. The van der Waals surface area contributed by atoms with Crippen LogP contribution in [0, 0.1) is 12.7 Å². The highest BCUT2D eigenvalue weighted by Crippen LogP contribution is 2.09. The van der Waals surface area contributed by atoms with Crippen LogP contribution in [0.2, 0.25) is 0 Å². The maximum Gasteiger partial charge on any atom is 0.251 e. The zero-order chi connectivity index (χ0) is 12.1. The van der Waals surface area contributed by atoms with Gasteiger partial charge in [0.25, 0.3) is 5.91 Å². The van der Waals surface area contributed by atoms with Crippen LogP contribution in [-0.4, -0.2) is 28.7 Å². The summed E-state index contributed by atoms with van der Waals surface area (Å²) in [5.74, 6) is -0.196. The van der Waals surface area contributed by atoms with E-state index < -0.39 is 10.8 Å². The zero-order valence-corrected chi connectivity index (χ0v) is 10.1. The predicted octanol–water partition coefficient (Wildman–Crippen LogP) is 1.24. The van der Waals surface area contributed by atoms with Gasteiger partial charge in [0.15, 0.2) is 0 Å². The number of carbonyl (C=O) groups is 1. The predicted molar refractivity (Wildman–Crippen MR) is 62.4 cm³/mol. The van der Waals surface area contributed by atoms with Gasteiger partial charge in [0.1, 0.15) is 5.82 Å². The normalized spacial score (nSPS) is 12.2. The van der Waals surface area contributed by atoms with Gasteiger partial charge in [-0.2, -0.15) is 0 Å². The quantitative estimate of drug-likeness (QED) is 0.865. The molecule has 1 amide bonds. The summed E-state index contributed by atoms with van der Waals surface area (Å²) < 4.78 is 23.6. The van der Waals surface area contributed by atoms with Crippen molar-refractivity contribution in [3.05, 3.63) is 35.1 Å². The van der Waals surface area contributed by atoms with Crippen LogP contribution >= 0.6 is 0 Å². The van der Waals surface area contributed by atoms with Crippen molar-refractivity contribution in [1.82, 2.24) is 5.32 Å². The molecule has 0 spiro atoms. The van der Waals surface area contributed by atoms with Gasteiger partial charge in [-0.25, -0.2) is 4.39 Å². The number of amides is 1. The van der Waals surface area contributed by atoms with Gasteiger partial charge in [0.2, 0.25) is 0 Å². The molecule has 1 aromatic carbocycles. The average Bonchev–Trinajstić information content (AvgIpc) is 2.16. The van der Waals surface area contributed by atoms with E-state index in [1.807, 2.05) is 0 Å². The summed E-state index contributed by atoms with van der Waals surface area (Å²) in [6.45, 7) is 2.04. The molecular weight excluding hydrogens is 229 g/mol. The topological polar surface area (TPSA) is 46.2 Å². The number of rotatable bonds is 4. The number of hydrogen-bond donors (Lipinski definition) is 1. The Balaban J connectivity index is 2.63. The van der Waals surface area contributed by atoms with Crippen molar-refractivity contribution in [3.8, 4) is 0 Å². The van der Waals surface area contributed by atoms with Gasteiger partial charge in [-0.3, -0.25) is 9.00 Å². The van der Waals surface area contributed by atoms with Gasteiger partial charge in [-0.1, -0.05) is 0 Å². The third kappa shape index (κ3) is 3.73. The molecule has 0 aliphatic rings. The average molecular weight is 243 g/mol. The lowest BCUT2D eigenvalue weighted by Gasteiger charge is -2.06. The number of aryl methyl sites for hydroxylation is 1. The van der Waals surface area contributed by atoms with Crippen molar-refractivity contribution in [2.75, 3.05) is 18.6 Å². The minimum Gasteiger partial charge on any atom is -0.351 e. The molecule has 88 valence electrons. The monoisotopic (exact) mass is 243 g/mol. The fourth-order valence-electron chi connectivity index (χ4n) is 1.29. The first kappa shape index (κ1) is 12.8. The molecule has 0 saturated heterocycles. The smallest absolute Gasteiger partial charge is 0.251 e. The highest BCUT2D eigenvalue weighted by atomic mass is 32.2. The molecule has 0 heterocycles. The van der Waals surface area contributed by atoms with E-state index in [0.717, 1.165) is 0 Å². The van der Waals surface area contributed by atoms with E-state index in [-0.39, 0.29) is 11.7 Å². The van der Waals surface area contributed by atoms with Crippen LogP contribution < -0.4 is 5.32 Å². The molecule has 0 saturated carbocycles. The lowest BCUT2D eigenvalue weighted by atomic mass is 10.1. The SMILES string of the molecule is Cc1cc(F)ccc1C(=O)NCCS(C)=O. The van der Waals surface area contributed by atoms with Gasteiger partial charge in [0.05, 0.1) is 0 Å². The van der Waals surface area contributed by atoms with Crippen LogP contribution in [0.5, 0.6) is 0 Å². The fourth-order valence-corrected chi connectivity index (χ4v) is 1.67. The van der Waals surface area contributed by atoms with Crippen molar-refractivity contribution in [1.29, 1.82) is 0 Å². The zero-order valence-electron chi connectivity index (χ0n) is 9.25. The van der Waals surface area contributed by atoms with E-state index in [1.165, 1.54) is 18.2 Å². The second-order valence-corrected chi connectivity index (χ2v) is 5.05. The fraction of sp³-hybridized carbons (Fsp3) is 0.364. The van der Waals surface area contributed by atoms with Gasteiger partial charge in [-0.15, -0.1) is 0 Å². The molecule has 5 heteroatoms. The molecule has 0 aliphatic carbocycles. The summed E-state index contributed by atoms with van der Waals surface area (Å²) in [7, 11) is -0.922. The van der Waals surface area contributed by atoms with E-state index in [0.29, 0.717) is 23.4 Å². The maximum atomic E-state index is 12.8. The number of nitrogens with one attached hydrogen (secondary N) is 1. The minimum atomic E-state index is -0.922. The summed E-state index contributed by atoms with van der Waals surface area (Å²) >= 11 is 0. The van der Waals surface area contributed by atoms with Crippen molar-refractivity contribution in [2.45, 2.75) is 6.92 Å². The second kappa shape index (κ2) is 5.75. The molecule has 1 atom stereocenters. The largest absolute Gasteiger partial charge is 0.351 e. The van der Waals surface area contributed by atoms with Gasteiger partial charge >= 0.3 is 0 Å². The number of halogens is 1. The van der Waals surface area contributed by atoms with E-state index in [1.54, 1.807) is 13.2 Å². The molecule has 0 aliphatic heterocycles. The van der Waals surface area contributed by atoms with Crippen LogP contribution in [0.4, 0.5) is 4.39 Å². The molecule has 3 nitrogen and oxygen atoms in total. The molecule has 0 bridgehead atoms. The lowest BCUT2D eigenvalue weighted by Crippen LogP contribution is -2.28. The first-order valence-electron chi connectivity index (χ1n) is 4.85. The Morgan fingerprint density at radius 1 is 1.50 bits per heavy atom. The van der Waals surface area contributed by atoms with Crippen molar-refractivity contribution in [3.63, 3.8) is 0 Å². The first-order valence-corrected chi connectivity index (χ1v) is 6.58. The Bertz CT molecular complexity index is 420. The van der Waals surface area contributed by atoms with E-state index in [4.69, 9.17) is 0 Å². The summed E-state index contributed by atoms with van der Waals surface area (Å²) in [4.78, 5) is 11.6. The van der Waals surface area contributed by atoms with Crippen LogP contribution in [0.15, 0.2) is 18.2 Å². The molecular formula is C11H14FNO2S. The first-order chi connectivity index (χ1) is 7.50. The van der Waals surface area contributed by atoms with Crippen LogP contribution in [0.25, 0.3) is 0 Å². The molecule has 0 fully saturated rings. The van der Waals surface area contributed by atoms with Gasteiger partial charge in [0, 0.05) is 34.9 Å². The standard InChI is InChI=1S/C11H14FNO2S/c1-8-7-9(12)3-4-10(8)11(14)13-5-6-16(2)15/h3-4,7H,5-6H2,1-2H3,(H,13,14). The minimum absolute atomic E-state index is 0.261. The van der Waals surface area contributed by atoms with Gasteiger partial charge < -0.3 is 5.32 Å². The summed E-state index contributed by atoms with van der Waals surface area (Å²) in [6, 6.07) is 4.01. The van der Waals surface area contributed by atoms with Crippen LogP contribution in [-0.2, 0) is 10.8 Å². The highest BCUT2D eigenvalue weighted by molar-refractivity contribution is 7.84. The molecule has 0 radical (unpaired) electrons. The molecule has 1 rings (SSSR count). The Morgan fingerprint density at radius 2 is 2.19 bits per heavy atom. The van der Waals surface area contributed by atoms with Crippen molar-refractivity contribution in [2.24, 2.45) is 0 Å². The molecule has 16 heavy (non-hydrogen) atoms. The number of benzene rings is 1. The third-order valence-corrected chi connectivity index (χ3v) is 2.89. The maximum absolute atomic E-state index is 12.8. The van der Waals surface area contributed by atoms with Crippen molar-refractivity contribution < 1.29 is 13.4 Å². The lowest BCUT2D eigenvalue weighted by molar-refractivity contribution is 0.0955. The van der Waals surface area contributed by atoms with Gasteiger partial charge in [-0.05, 0) is 30.7 Å². The second-order valence-electron chi connectivity index (χ2n) is 3.49. The number of carbonyl (C=O) groups excluding carboxylic acids is 1. The molecule has 1 aromatic rings. The summed E-state index contributed by atoms with van der Waals surface area (Å²) in [5.41, 5.74) is 1.04. The Hall–Kier alpha value is -1.23. The Labute approximate surface area is 96.5 Å². The Kier molecular flexibility index (Phi) is 4.61. The van der Waals surface area contributed by atoms with E-state index >= 15 is 0 Å².